The topological polar surface area (TPSA) is 107 Å². The molecule has 1 saturated carbocycles. The normalized spacial score (nSPS) is 29.9. The van der Waals surface area contributed by atoms with Crippen LogP contribution in [0.25, 0.3) is 0 Å². The third kappa shape index (κ3) is 6.81. The van der Waals surface area contributed by atoms with Crippen molar-refractivity contribution in [1.29, 1.82) is 0 Å². The van der Waals surface area contributed by atoms with Crippen LogP contribution in [-0.4, -0.2) is 90.1 Å². The summed E-state index contributed by atoms with van der Waals surface area (Å²) in [6.45, 7) is 9.34. The summed E-state index contributed by atoms with van der Waals surface area (Å²) in [6.07, 6.45) is 9.17. The Morgan fingerprint density at radius 2 is 1.90 bits per heavy atom. The van der Waals surface area contributed by atoms with Gasteiger partial charge in [-0.15, -0.1) is 0 Å². The number of nitrogens with one attached hydrogen (secondary N) is 1. The zero-order chi connectivity index (χ0) is 33.5. The fourth-order valence-corrected chi connectivity index (χ4v) is 9.05. The van der Waals surface area contributed by atoms with Gasteiger partial charge in [-0.3, -0.25) is 4.79 Å². The Morgan fingerprint density at radius 3 is 2.69 bits per heavy atom. The number of likely N-dealkylation sites (tertiary alicyclic amines) is 1. The first-order valence-corrected chi connectivity index (χ1v) is 19.1. The lowest BCUT2D eigenvalue weighted by molar-refractivity contribution is -0.139. The van der Waals surface area contributed by atoms with Crippen molar-refractivity contribution in [2.45, 2.75) is 68.0 Å². The zero-order valence-corrected chi connectivity index (χ0v) is 29.4. The van der Waals surface area contributed by atoms with Crippen LogP contribution in [0.1, 0.15) is 51.5 Å². The Hall–Kier alpha value is -2.83. The number of rotatable bonds is 4. The van der Waals surface area contributed by atoms with Gasteiger partial charge in [0.1, 0.15) is 17.1 Å². The number of halogens is 1. The molecular formula is C36H46ClN3O7S. The summed E-state index contributed by atoms with van der Waals surface area (Å²) >= 11 is 6.37. The van der Waals surface area contributed by atoms with E-state index in [-0.39, 0.29) is 23.5 Å². The number of amides is 1. The molecule has 0 unspecified atom stereocenters. The summed E-state index contributed by atoms with van der Waals surface area (Å²) < 4.78 is 54.6. The van der Waals surface area contributed by atoms with Crippen LogP contribution in [-0.2, 0) is 29.7 Å². The minimum Gasteiger partial charge on any atom is -0.493 e. The van der Waals surface area contributed by atoms with Gasteiger partial charge in [-0.25, -0.2) is 13.1 Å². The van der Waals surface area contributed by atoms with E-state index in [1.54, 1.807) is 26.0 Å². The molecule has 4 heterocycles. The standard InChI is InChI=1S/C36H46ClN3O7S/c1-35(2)34(41)38-48(42,43)27-9-12-32-30(21-27)40(23-36(24-46-32)13-18-44-33-20-26(37)8-11-29(33)36)22-25-7-10-28(25)31(6-5-17-47-35)45-19-16-39-14-3-4-15-39/h5-6,8-9,11-12,20-21,25,28,31H,3-4,7,10,13-19,22-24H2,1-2H3,(H,38,41)/t25-,28+,31-,36-/m0/s1. The summed E-state index contributed by atoms with van der Waals surface area (Å²) in [4.78, 5) is 18.0. The molecule has 4 atom stereocenters. The second kappa shape index (κ2) is 13.5. The molecule has 0 aromatic heterocycles. The van der Waals surface area contributed by atoms with Gasteiger partial charge in [0, 0.05) is 30.2 Å². The van der Waals surface area contributed by atoms with Crippen LogP contribution in [0, 0.1) is 11.8 Å². The van der Waals surface area contributed by atoms with E-state index in [1.807, 2.05) is 24.3 Å². The number of carbonyl (C=O) groups is 1. The molecule has 1 amide bonds. The van der Waals surface area contributed by atoms with Crippen molar-refractivity contribution in [1.82, 2.24) is 9.62 Å². The first-order chi connectivity index (χ1) is 23.0. The maximum atomic E-state index is 13.6. The Bertz CT molecular complexity index is 1660. The van der Waals surface area contributed by atoms with Gasteiger partial charge in [-0.05, 0) is 101 Å². The predicted octanol–water partition coefficient (Wildman–Crippen LogP) is 4.94. The summed E-state index contributed by atoms with van der Waals surface area (Å²) in [5.41, 5.74) is -0.0556. The molecule has 0 radical (unpaired) electrons. The average Bonchev–Trinajstić information content (AvgIpc) is 3.51. The molecule has 1 N–H and O–H groups in total. The fourth-order valence-electron chi connectivity index (χ4n) is 7.77. The van der Waals surface area contributed by atoms with E-state index >= 15 is 0 Å². The van der Waals surface area contributed by atoms with E-state index in [4.69, 9.17) is 30.5 Å². The summed E-state index contributed by atoms with van der Waals surface area (Å²) in [6, 6.07) is 10.6. The first-order valence-electron chi connectivity index (χ1n) is 17.2. The third-order valence-electron chi connectivity index (χ3n) is 10.8. The van der Waals surface area contributed by atoms with Gasteiger partial charge in [0.2, 0.25) is 0 Å². The number of sulfonamides is 1. The third-order valence-corrected chi connectivity index (χ3v) is 12.4. The number of anilines is 1. The number of hydrogen-bond donors (Lipinski definition) is 1. The maximum absolute atomic E-state index is 13.6. The van der Waals surface area contributed by atoms with Gasteiger partial charge in [0.25, 0.3) is 15.9 Å². The Morgan fingerprint density at radius 1 is 1.06 bits per heavy atom. The largest absolute Gasteiger partial charge is 0.493 e. The molecule has 7 rings (SSSR count). The minimum atomic E-state index is -4.20. The highest BCUT2D eigenvalue weighted by Gasteiger charge is 2.45. The monoisotopic (exact) mass is 699 g/mol. The molecule has 1 spiro atoms. The van der Waals surface area contributed by atoms with Crippen molar-refractivity contribution >= 4 is 33.2 Å². The van der Waals surface area contributed by atoms with Gasteiger partial charge >= 0.3 is 0 Å². The van der Waals surface area contributed by atoms with Crippen LogP contribution in [0.15, 0.2) is 53.4 Å². The highest BCUT2D eigenvalue weighted by Crippen LogP contribution is 2.47. The minimum absolute atomic E-state index is 0.00520. The Kier molecular flexibility index (Phi) is 9.45. The second-order valence-electron chi connectivity index (χ2n) is 14.4. The number of nitrogens with zero attached hydrogens (tertiary/aromatic N) is 2. The van der Waals surface area contributed by atoms with Crippen LogP contribution in [0.3, 0.4) is 0 Å². The van der Waals surface area contributed by atoms with E-state index < -0.39 is 26.9 Å². The second-order valence-corrected chi connectivity index (χ2v) is 16.5. The molecule has 2 aromatic rings. The highest BCUT2D eigenvalue weighted by molar-refractivity contribution is 7.90. The van der Waals surface area contributed by atoms with Crippen molar-refractivity contribution < 1.29 is 32.2 Å². The van der Waals surface area contributed by atoms with E-state index in [9.17, 15) is 13.2 Å². The van der Waals surface area contributed by atoms with E-state index in [2.05, 4.69) is 20.6 Å². The highest BCUT2D eigenvalue weighted by atomic mass is 35.5. The summed E-state index contributed by atoms with van der Waals surface area (Å²) in [7, 11) is -4.20. The molecule has 4 aliphatic heterocycles. The van der Waals surface area contributed by atoms with Gasteiger partial charge in [-0.2, -0.15) is 0 Å². The SMILES string of the molecule is CC1(C)OCC=C[C@H](OCCN2CCCC2)[C@@H]2CC[C@H]2CN2C[C@@]3(CCOc4cc(Cl)ccc43)COc3ccc(cc32)S(=O)(=O)NC1=O. The van der Waals surface area contributed by atoms with Crippen LogP contribution in [0.5, 0.6) is 11.5 Å². The summed E-state index contributed by atoms with van der Waals surface area (Å²) in [5, 5.41) is 0.611. The molecule has 5 aliphatic rings. The van der Waals surface area contributed by atoms with Crippen molar-refractivity contribution in [3.05, 3.63) is 59.1 Å². The quantitative estimate of drug-likeness (QED) is 0.445. The van der Waals surface area contributed by atoms with Crippen LogP contribution in [0.4, 0.5) is 5.69 Å². The van der Waals surface area contributed by atoms with Crippen molar-refractivity contribution in [3.63, 3.8) is 0 Å². The van der Waals surface area contributed by atoms with E-state index in [1.165, 1.54) is 18.9 Å². The smallest absolute Gasteiger partial charge is 0.265 e. The number of carbonyl (C=O) groups excluding carboxylic acids is 1. The lowest BCUT2D eigenvalue weighted by atomic mass is 9.69. The Labute approximate surface area is 288 Å². The van der Waals surface area contributed by atoms with Gasteiger partial charge < -0.3 is 28.7 Å². The zero-order valence-electron chi connectivity index (χ0n) is 27.8. The molecule has 1 saturated heterocycles. The molecule has 2 fully saturated rings. The van der Waals surface area contributed by atoms with Crippen LogP contribution >= 0.6 is 11.6 Å². The first kappa shape index (κ1) is 33.7. The van der Waals surface area contributed by atoms with Crippen LogP contribution < -0.4 is 19.1 Å². The number of ether oxygens (including phenoxy) is 4. The number of hydrogen-bond acceptors (Lipinski definition) is 9. The molecule has 2 bridgehead atoms. The molecule has 1 aliphatic carbocycles. The predicted molar refractivity (Wildman–Crippen MR) is 184 cm³/mol. The lowest BCUT2D eigenvalue weighted by Crippen LogP contribution is -2.50. The molecule has 260 valence electrons. The average molecular weight is 700 g/mol. The van der Waals surface area contributed by atoms with Crippen molar-refractivity contribution in [2.24, 2.45) is 11.8 Å². The number of fused-ring (bicyclic) bond motifs is 4. The molecular weight excluding hydrogens is 654 g/mol. The van der Waals surface area contributed by atoms with Gasteiger partial charge in [-0.1, -0.05) is 29.8 Å². The van der Waals surface area contributed by atoms with E-state index in [0.29, 0.717) is 55.3 Å². The Balaban J connectivity index is 1.25. The molecule has 2 aromatic carbocycles. The number of benzene rings is 2. The maximum Gasteiger partial charge on any atom is 0.265 e. The van der Waals surface area contributed by atoms with Gasteiger partial charge in [0.15, 0.2) is 0 Å². The fraction of sp³-hybridized carbons (Fsp3) is 0.583. The van der Waals surface area contributed by atoms with E-state index in [0.717, 1.165) is 50.2 Å². The molecule has 12 heteroatoms. The van der Waals surface area contributed by atoms with Crippen molar-refractivity contribution in [2.75, 3.05) is 64.1 Å². The summed E-state index contributed by atoms with van der Waals surface area (Å²) in [5.74, 6) is 1.22. The van der Waals surface area contributed by atoms with Gasteiger partial charge in [0.05, 0.1) is 48.5 Å². The molecule has 48 heavy (non-hydrogen) atoms. The molecule has 10 nitrogen and oxygen atoms in total. The van der Waals surface area contributed by atoms with Crippen molar-refractivity contribution in [3.8, 4) is 11.5 Å². The van der Waals surface area contributed by atoms with Crippen LogP contribution in [0.2, 0.25) is 5.02 Å². The lowest BCUT2D eigenvalue weighted by Gasteiger charge is -2.46.